The minimum absolute atomic E-state index is 0.0708. The molecule has 9 nitrogen and oxygen atoms in total. The SMILES string of the molecule is COC(=O)CC(c1ccc(OCC(C)C)c(OC)c1)c1c(O)c(O)c(O)c2c(=O)cc(-c3ccccc3)oc12. The molecular formula is C30H30O9. The quantitative estimate of drug-likeness (QED) is 0.193. The first kappa shape index (κ1) is 27.4. The monoisotopic (exact) mass is 534 g/mol. The van der Waals surface area contributed by atoms with Crippen LogP contribution in [0, 0.1) is 5.92 Å². The highest BCUT2D eigenvalue weighted by atomic mass is 16.5. The van der Waals surface area contributed by atoms with Gasteiger partial charge >= 0.3 is 5.97 Å². The lowest BCUT2D eigenvalue weighted by Crippen LogP contribution is -2.13. The number of ether oxygens (including phenoxy) is 3. The van der Waals surface area contributed by atoms with Gasteiger partial charge in [0.25, 0.3) is 0 Å². The summed E-state index contributed by atoms with van der Waals surface area (Å²) in [5.41, 5.74) is 0.160. The van der Waals surface area contributed by atoms with E-state index in [4.69, 9.17) is 18.6 Å². The summed E-state index contributed by atoms with van der Waals surface area (Å²) < 4.78 is 22.4. The van der Waals surface area contributed by atoms with E-state index in [0.29, 0.717) is 29.2 Å². The van der Waals surface area contributed by atoms with Gasteiger partial charge in [-0.15, -0.1) is 0 Å². The van der Waals surface area contributed by atoms with Crippen LogP contribution < -0.4 is 14.9 Å². The summed E-state index contributed by atoms with van der Waals surface area (Å²) in [6.07, 6.45) is -0.294. The number of phenols is 3. The zero-order valence-electron chi connectivity index (χ0n) is 22.1. The first-order valence-electron chi connectivity index (χ1n) is 12.3. The number of fused-ring (bicyclic) bond motifs is 1. The van der Waals surface area contributed by atoms with Crippen molar-refractivity contribution in [1.29, 1.82) is 0 Å². The van der Waals surface area contributed by atoms with E-state index in [-0.39, 0.29) is 34.6 Å². The molecule has 1 aromatic heterocycles. The first-order chi connectivity index (χ1) is 18.7. The summed E-state index contributed by atoms with van der Waals surface area (Å²) in [6.45, 7) is 4.47. The van der Waals surface area contributed by atoms with Gasteiger partial charge in [-0.3, -0.25) is 9.59 Å². The van der Waals surface area contributed by atoms with Gasteiger partial charge in [0.15, 0.2) is 28.4 Å². The Bertz CT molecular complexity index is 1550. The van der Waals surface area contributed by atoms with Crippen molar-refractivity contribution in [1.82, 2.24) is 0 Å². The predicted molar refractivity (Wildman–Crippen MR) is 145 cm³/mol. The van der Waals surface area contributed by atoms with E-state index in [1.807, 2.05) is 13.8 Å². The second-order valence-electron chi connectivity index (χ2n) is 9.45. The molecule has 1 atom stereocenters. The van der Waals surface area contributed by atoms with Crippen molar-refractivity contribution in [2.24, 2.45) is 5.92 Å². The van der Waals surface area contributed by atoms with Gasteiger partial charge < -0.3 is 33.9 Å². The molecule has 1 heterocycles. The molecule has 3 N–H and O–H groups in total. The molecule has 0 bridgehead atoms. The third kappa shape index (κ3) is 5.47. The fourth-order valence-electron chi connectivity index (χ4n) is 4.35. The van der Waals surface area contributed by atoms with E-state index < -0.39 is 34.6 Å². The van der Waals surface area contributed by atoms with Crippen LogP contribution in [-0.2, 0) is 9.53 Å². The number of phenolic OH excluding ortho intramolecular Hbond substituents is 3. The molecule has 39 heavy (non-hydrogen) atoms. The molecule has 9 heteroatoms. The standard InChI is InChI=1S/C30H30O9/c1-16(2)15-38-21-11-10-18(12-23(21)36-3)19(13-24(32)37-4)25-27(33)29(35)28(34)26-20(31)14-22(39-30(25)26)17-8-6-5-7-9-17/h5-12,14,16,19,33-35H,13,15H2,1-4H3. The lowest BCUT2D eigenvalue weighted by atomic mass is 9.86. The van der Waals surface area contributed by atoms with Crippen molar-refractivity contribution in [3.63, 3.8) is 0 Å². The van der Waals surface area contributed by atoms with Gasteiger partial charge in [0, 0.05) is 23.1 Å². The molecular weight excluding hydrogens is 504 g/mol. The Hall–Kier alpha value is -4.66. The fraction of sp³-hybridized carbons (Fsp3) is 0.267. The smallest absolute Gasteiger partial charge is 0.306 e. The van der Waals surface area contributed by atoms with Gasteiger partial charge in [-0.1, -0.05) is 50.2 Å². The van der Waals surface area contributed by atoms with Crippen LogP contribution in [0.5, 0.6) is 28.7 Å². The highest BCUT2D eigenvalue weighted by molar-refractivity contribution is 5.93. The topological polar surface area (TPSA) is 136 Å². The average molecular weight is 535 g/mol. The molecule has 0 spiro atoms. The van der Waals surface area contributed by atoms with Crippen LogP contribution in [0.1, 0.15) is 37.3 Å². The minimum Gasteiger partial charge on any atom is -0.504 e. The van der Waals surface area contributed by atoms with Crippen molar-refractivity contribution in [3.8, 4) is 40.1 Å². The summed E-state index contributed by atoms with van der Waals surface area (Å²) >= 11 is 0. The van der Waals surface area contributed by atoms with E-state index in [2.05, 4.69) is 0 Å². The molecule has 0 aliphatic rings. The second kappa shape index (κ2) is 11.4. The Morgan fingerprint density at radius 1 is 0.923 bits per heavy atom. The summed E-state index contributed by atoms with van der Waals surface area (Å²) in [7, 11) is 2.70. The molecule has 0 aliphatic heterocycles. The maximum atomic E-state index is 13.2. The zero-order valence-corrected chi connectivity index (χ0v) is 22.1. The fourth-order valence-corrected chi connectivity index (χ4v) is 4.35. The number of hydrogen-bond donors (Lipinski definition) is 3. The van der Waals surface area contributed by atoms with Gasteiger partial charge in [0.2, 0.25) is 5.75 Å². The number of benzene rings is 3. The molecule has 1 unspecified atom stereocenters. The number of methoxy groups -OCH3 is 2. The van der Waals surface area contributed by atoms with E-state index in [9.17, 15) is 24.9 Å². The van der Waals surface area contributed by atoms with E-state index in [0.717, 1.165) is 0 Å². The normalized spacial score (nSPS) is 11.9. The second-order valence-corrected chi connectivity index (χ2v) is 9.45. The van der Waals surface area contributed by atoms with Crippen LogP contribution in [0.4, 0.5) is 0 Å². The third-order valence-electron chi connectivity index (χ3n) is 6.30. The van der Waals surface area contributed by atoms with Gasteiger partial charge in [-0.2, -0.15) is 0 Å². The molecule has 0 aliphatic carbocycles. The molecule has 0 amide bonds. The highest BCUT2D eigenvalue weighted by Crippen LogP contribution is 2.50. The number of hydrogen-bond acceptors (Lipinski definition) is 9. The van der Waals surface area contributed by atoms with Crippen molar-refractivity contribution in [2.75, 3.05) is 20.8 Å². The number of carbonyl (C=O) groups excluding carboxylic acids is 1. The van der Waals surface area contributed by atoms with Crippen LogP contribution >= 0.6 is 0 Å². The lowest BCUT2D eigenvalue weighted by Gasteiger charge is -2.22. The summed E-state index contributed by atoms with van der Waals surface area (Å²) in [5, 5.41) is 32.0. The Kier molecular flexibility index (Phi) is 7.99. The van der Waals surface area contributed by atoms with Crippen molar-refractivity contribution in [3.05, 3.63) is 75.9 Å². The summed E-state index contributed by atoms with van der Waals surface area (Å²) in [6, 6.07) is 15.0. The van der Waals surface area contributed by atoms with Crippen LogP contribution in [0.15, 0.2) is 63.8 Å². The highest BCUT2D eigenvalue weighted by Gasteiger charge is 2.31. The van der Waals surface area contributed by atoms with Crippen molar-refractivity contribution < 1.29 is 38.7 Å². The number of aromatic hydroxyl groups is 3. The summed E-state index contributed by atoms with van der Waals surface area (Å²) in [5.74, 6) is -2.77. The van der Waals surface area contributed by atoms with Gasteiger partial charge in [-0.25, -0.2) is 0 Å². The van der Waals surface area contributed by atoms with E-state index >= 15 is 0 Å². The maximum Gasteiger partial charge on any atom is 0.306 e. The Morgan fingerprint density at radius 2 is 1.64 bits per heavy atom. The molecule has 3 aromatic carbocycles. The number of carbonyl (C=O) groups is 1. The predicted octanol–water partition coefficient (Wildman–Crippen LogP) is 5.32. The maximum absolute atomic E-state index is 13.2. The van der Waals surface area contributed by atoms with Crippen LogP contribution in [0.3, 0.4) is 0 Å². The molecule has 0 radical (unpaired) electrons. The molecule has 4 rings (SSSR count). The molecule has 0 saturated carbocycles. The van der Waals surface area contributed by atoms with Gasteiger partial charge in [0.05, 0.1) is 27.2 Å². The lowest BCUT2D eigenvalue weighted by molar-refractivity contribution is -0.140. The summed E-state index contributed by atoms with van der Waals surface area (Å²) in [4.78, 5) is 25.7. The molecule has 0 fully saturated rings. The molecule has 204 valence electrons. The van der Waals surface area contributed by atoms with Crippen LogP contribution in [0.25, 0.3) is 22.3 Å². The van der Waals surface area contributed by atoms with Crippen LogP contribution in [-0.4, -0.2) is 42.1 Å². The molecule has 4 aromatic rings. The number of esters is 1. The molecule has 0 saturated heterocycles. The minimum atomic E-state index is -0.978. The third-order valence-corrected chi connectivity index (χ3v) is 6.30. The van der Waals surface area contributed by atoms with E-state index in [1.165, 1.54) is 20.3 Å². The van der Waals surface area contributed by atoms with E-state index in [1.54, 1.807) is 48.5 Å². The average Bonchev–Trinajstić information content (AvgIpc) is 2.94. The zero-order chi connectivity index (χ0) is 28.3. The van der Waals surface area contributed by atoms with Gasteiger partial charge in [-0.05, 0) is 23.6 Å². The van der Waals surface area contributed by atoms with Crippen molar-refractivity contribution >= 4 is 16.9 Å². The first-order valence-corrected chi connectivity index (χ1v) is 12.3. The van der Waals surface area contributed by atoms with Gasteiger partial charge in [0.1, 0.15) is 16.7 Å². The number of rotatable bonds is 9. The Labute approximate surface area is 224 Å². The van der Waals surface area contributed by atoms with Crippen molar-refractivity contribution in [2.45, 2.75) is 26.2 Å². The van der Waals surface area contributed by atoms with Crippen LogP contribution in [0.2, 0.25) is 0 Å². The Morgan fingerprint density at radius 3 is 2.28 bits per heavy atom. The largest absolute Gasteiger partial charge is 0.504 e. The Balaban J connectivity index is 2.01.